The second-order valence-corrected chi connectivity index (χ2v) is 9.63. The number of carbonyl (C=O) groups is 1. The van der Waals surface area contributed by atoms with E-state index in [4.69, 9.17) is 10.2 Å². The van der Waals surface area contributed by atoms with E-state index in [0.29, 0.717) is 21.3 Å². The number of nitrogens with zero attached hydrogens (tertiary/aromatic N) is 3. The van der Waals surface area contributed by atoms with Gasteiger partial charge in [-0.2, -0.15) is 4.31 Å². The Hall–Kier alpha value is -2.08. The summed E-state index contributed by atoms with van der Waals surface area (Å²) < 4.78 is 63.3. The normalized spacial score (nSPS) is 25.3. The van der Waals surface area contributed by atoms with E-state index in [0.717, 1.165) is 4.31 Å². The number of nitrogens with one attached hydrogen (secondary N) is 1. The number of hydrogen-bond donors (Lipinski definition) is 2. The van der Waals surface area contributed by atoms with Crippen molar-refractivity contribution >= 4 is 37.9 Å². The van der Waals surface area contributed by atoms with Gasteiger partial charge in [-0.1, -0.05) is 12.1 Å². The Morgan fingerprint density at radius 3 is 2.87 bits per heavy atom. The highest BCUT2D eigenvalue weighted by Crippen LogP contribution is 2.36. The standard InChI is InChI=1S/C19H21BrN4O5S/c1-11(18(25)26)24-10-13-3-2-12(8-16(13)30(24,27)28)17-15(20)9-21-19(23-17)22-14-4-6-29-7-5-14/h2-3,8-9,11,14H,4-7,10H2,1H3,(H,25,26)(H,21,22,23)/t11-/m1/s1/i6D2,7D2. The van der Waals surface area contributed by atoms with E-state index in [1.165, 1.54) is 19.2 Å². The Labute approximate surface area is 188 Å². The molecule has 1 atom stereocenters. The third-order valence-corrected chi connectivity index (χ3v) is 7.50. The van der Waals surface area contributed by atoms with Gasteiger partial charge in [0, 0.05) is 37.5 Å². The molecular weight excluding hydrogens is 476 g/mol. The van der Waals surface area contributed by atoms with Crippen LogP contribution in [0.25, 0.3) is 11.3 Å². The van der Waals surface area contributed by atoms with Gasteiger partial charge in [0.25, 0.3) is 0 Å². The fourth-order valence-corrected chi connectivity index (χ4v) is 5.48. The fraction of sp³-hybridized carbons (Fsp3) is 0.421. The van der Waals surface area contributed by atoms with Crippen LogP contribution in [-0.4, -0.2) is 59.0 Å². The zero-order valence-corrected chi connectivity index (χ0v) is 18.2. The van der Waals surface area contributed by atoms with Gasteiger partial charge in [-0.15, -0.1) is 0 Å². The molecular formula is C19H21BrN4O5S. The maximum Gasteiger partial charge on any atom is 0.321 e. The van der Waals surface area contributed by atoms with Crippen LogP contribution < -0.4 is 5.32 Å². The molecule has 0 unspecified atom stereocenters. The van der Waals surface area contributed by atoms with Crippen molar-refractivity contribution < 1.29 is 28.5 Å². The zero-order valence-electron chi connectivity index (χ0n) is 19.8. The highest BCUT2D eigenvalue weighted by Gasteiger charge is 2.40. The van der Waals surface area contributed by atoms with E-state index in [1.54, 1.807) is 12.1 Å². The number of anilines is 1. The highest BCUT2D eigenvalue weighted by atomic mass is 79.9. The summed E-state index contributed by atoms with van der Waals surface area (Å²) in [4.78, 5) is 19.9. The van der Waals surface area contributed by atoms with Gasteiger partial charge in [0.1, 0.15) is 6.04 Å². The first kappa shape index (κ1) is 16.6. The van der Waals surface area contributed by atoms with Crippen molar-refractivity contribution in [2.24, 2.45) is 0 Å². The molecule has 30 heavy (non-hydrogen) atoms. The lowest BCUT2D eigenvalue weighted by atomic mass is 10.1. The number of aromatic nitrogens is 2. The Morgan fingerprint density at radius 1 is 1.43 bits per heavy atom. The lowest BCUT2D eigenvalue weighted by Crippen LogP contribution is -2.38. The molecule has 2 N–H and O–H groups in total. The molecule has 2 aliphatic heterocycles. The topological polar surface area (TPSA) is 122 Å². The smallest absolute Gasteiger partial charge is 0.321 e. The van der Waals surface area contributed by atoms with Crippen molar-refractivity contribution in [2.75, 3.05) is 18.4 Å². The second kappa shape index (κ2) is 8.22. The first-order valence-electron chi connectivity index (χ1n) is 11.1. The van der Waals surface area contributed by atoms with E-state index >= 15 is 0 Å². The van der Waals surface area contributed by atoms with Crippen molar-refractivity contribution in [3.05, 3.63) is 34.4 Å². The number of aliphatic carboxylic acids is 1. The summed E-state index contributed by atoms with van der Waals surface area (Å²) in [7, 11) is -4.01. The number of carboxylic acids is 1. The number of benzene rings is 1. The van der Waals surface area contributed by atoms with Crippen molar-refractivity contribution in [3.8, 4) is 11.3 Å². The van der Waals surface area contributed by atoms with Gasteiger partial charge in [-0.3, -0.25) is 4.79 Å². The molecule has 0 saturated carbocycles. The summed E-state index contributed by atoms with van der Waals surface area (Å²) in [6, 6.07) is 2.86. The van der Waals surface area contributed by atoms with Crippen LogP contribution in [0.2, 0.25) is 0 Å². The lowest BCUT2D eigenvalue weighted by molar-refractivity contribution is -0.140. The zero-order chi connectivity index (χ0) is 25.1. The van der Waals surface area contributed by atoms with Gasteiger partial charge < -0.3 is 15.2 Å². The van der Waals surface area contributed by atoms with Crippen LogP contribution in [0.4, 0.5) is 5.95 Å². The molecule has 4 rings (SSSR count). The number of halogens is 1. The third-order valence-electron chi connectivity index (χ3n) is 4.92. The average molecular weight is 501 g/mol. The van der Waals surface area contributed by atoms with Crippen molar-refractivity contribution in [3.63, 3.8) is 0 Å². The van der Waals surface area contributed by atoms with Crippen LogP contribution in [0, 0.1) is 0 Å². The second-order valence-electron chi connectivity index (χ2n) is 6.92. The molecule has 1 fully saturated rings. The van der Waals surface area contributed by atoms with Crippen LogP contribution in [0.15, 0.2) is 33.8 Å². The Kier molecular flexibility index (Phi) is 4.54. The Morgan fingerprint density at radius 2 is 2.17 bits per heavy atom. The van der Waals surface area contributed by atoms with Crippen LogP contribution in [-0.2, 0) is 26.1 Å². The van der Waals surface area contributed by atoms with Crippen molar-refractivity contribution in [1.82, 2.24) is 14.3 Å². The SMILES string of the molecule is [2H]C1([2H])CC(Nc2ncc(Br)c(-c3ccc4c(c3)S(=O)(=O)N([C@H](C)C(=O)O)C4)n2)CC([2H])([2H])O1. The monoisotopic (exact) mass is 500 g/mol. The first-order chi connectivity index (χ1) is 15.7. The number of carboxylic acid groups (broad SMARTS) is 1. The molecule has 0 amide bonds. The molecule has 3 heterocycles. The maximum absolute atomic E-state index is 13.0. The molecule has 1 saturated heterocycles. The molecule has 9 nitrogen and oxygen atoms in total. The van der Waals surface area contributed by atoms with Crippen LogP contribution in [0.5, 0.6) is 0 Å². The third kappa shape index (κ3) is 3.94. The summed E-state index contributed by atoms with van der Waals surface area (Å²) in [5.74, 6) is -1.13. The molecule has 0 bridgehead atoms. The molecule has 0 aliphatic carbocycles. The molecule has 0 radical (unpaired) electrons. The minimum Gasteiger partial charge on any atom is -0.480 e. The molecule has 11 heteroatoms. The van der Waals surface area contributed by atoms with Gasteiger partial charge in [0.2, 0.25) is 16.0 Å². The fourth-order valence-electron chi connectivity index (χ4n) is 3.25. The number of sulfonamides is 1. The predicted octanol–water partition coefficient (Wildman–Crippen LogP) is 2.47. The molecule has 1 aromatic carbocycles. The summed E-state index contributed by atoms with van der Waals surface area (Å²) >= 11 is 3.36. The van der Waals surface area contributed by atoms with E-state index in [9.17, 15) is 18.3 Å². The minimum atomic E-state index is -4.01. The molecule has 0 spiro atoms. The van der Waals surface area contributed by atoms with Gasteiger partial charge in [-0.25, -0.2) is 18.4 Å². The van der Waals surface area contributed by atoms with Crippen molar-refractivity contribution in [2.45, 2.75) is 43.3 Å². The molecule has 160 valence electrons. The quantitative estimate of drug-likeness (QED) is 0.641. The van der Waals surface area contributed by atoms with E-state index in [2.05, 4.69) is 31.2 Å². The summed E-state index contributed by atoms with van der Waals surface area (Å²) in [6.45, 7) is -3.06. The van der Waals surface area contributed by atoms with Gasteiger partial charge in [-0.05, 0) is 47.3 Å². The van der Waals surface area contributed by atoms with Gasteiger partial charge in [0.05, 0.1) is 20.5 Å². The van der Waals surface area contributed by atoms with Crippen LogP contribution in [0.3, 0.4) is 0 Å². The summed E-state index contributed by atoms with van der Waals surface area (Å²) in [5, 5.41) is 12.2. The molecule has 2 aromatic rings. The summed E-state index contributed by atoms with van der Waals surface area (Å²) in [6.07, 6.45) is 1.22. The van der Waals surface area contributed by atoms with E-state index < -0.39 is 41.2 Å². The van der Waals surface area contributed by atoms with E-state index in [1.807, 2.05) is 0 Å². The Balaban J connectivity index is 1.64. The van der Waals surface area contributed by atoms with Crippen molar-refractivity contribution in [1.29, 1.82) is 0 Å². The largest absolute Gasteiger partial charge is 0.480 e. The minimum absolute atomic E-state index is 0.00365. The predicted molar refractivity (Wildman–Crippen MR) is 112 cm³/mol. The number of hydrogen-bond acceptors (Lipinski definition) is 7. The maximum atomic E-state index is 13.0. The number of fused-ring (bicyclic) bond motifs is 1. The van der Waals surface area contributed by atoms with Gasteiger partial charge in [0.15, 0.2) is 0 Å². The van der Waals surface area contributed by atoms with Gasteiger partial charge >= 0.3 is 5.97 Å². The highest BCUT2D eigenvalue weighted by molar-refractivity contribution is 9.10. The lowest BCUT2D eigenvalue weighted by Gasteiger charge is -2.23. The first-order valence-corrected chi connectivity index (χ1v) is 11.3. The molecule has 1 aromatic heterocycles. The van der Waals surface area contributed by atoms with Crippen LogP contribution in [0.1, 0.15) is 30.8 Å². The summed E-state index contributed by atoms with van der Waals surface area (Å²) in [5.41, 5.74) is 1.28. The number of rotatable bonds is 5. The number of ether oxygens (including phenoxy) is 1. The molecule has 2 aliphatic rings. The van der Waals surface area contributed by atoms with E-state index in [-0.39, 0.29) is 30.2 Å². The average Bonchev–Trinajstić information content (AvgIpc) is 2.96. The Bertz CT molecular complexity index is 1250. The van der Waals surface area contributed by atoms with Crippen LogP contribution >= 0.6 is 15.9 Å².